The standard InChI is InChI=1S/C15H17FN2O3/c16-9-7-11(15(19)20)14-12(8-9)17-13(18-14)5-4-10-3-1-2-6-21-10/h7-8,10H,1-6H2,(H,17,18)(H,19,20). The fraction of sp³-hybridized carbons (Fsp3) is 0.467. The highest BCUT2D eigenvalue weighted by molar-refractivity contribution is 6.00. The fourth-order valence-corrected chi connectivity index (χ4v) is 2.75. The number of ether oxygens (including phenoxy) is 1. The second-order valence-electron chi connectivity index (χ2n) is 5.37. The molecule has 0 spiro atoms. The third-order valence-corrected chi connectivity index (χ3v) is 3.81. The van der Waals surface area contributed by atoms with Crippen LogP contribution in [0.4, 0.5) is 4.39 Å². The highest BCUT2D eigenvalue weighted by atomic mass is 19.1. The van der Waals surface area contributed by atoms with Crippen molar-refractivity contribution in [1.82, 2.24) is 9.97 Å². The smallest absolute Gasteiger partial charge is 0.338 e. The van der Waals surface area contributed by atoms with E-state index in [-0.39, 0.29) is 11.7 Å². The number of nitrogens with one attached hydrogen (secondary N) is 1. The number of carbonyl (C=O) groups is 1. The van der Waals surface area contributed by atoms with Crippen LogP contribution in [0.5, 0.6) is 0 Å². The Morgan fingerprint density at radius 2 is 2.33 bits per heavy atom. The second-order valence-corrected chi connectivity index (χ2v) is 5.37. The molecule has 3 rings (SSSR count). The summed E-state index contributed by atoms with van der Waals surface area (Å²) in [6.07, 6.45) is 5.09. The van der Waals surface area contributed by atoms with Gasteiger partial charge in [0.05, 0.1) is 17.2 Å². The van der Waals surface area contributed by atoms with E-state index in [1.165, 1.54) is 12.5 Å². The number of fused-ring (bicyclic) bond motifs is 1. The van der Waals surface area contributed by atoms with Gasteiger partial charge in [-0.15, -0.1) is 0 Å². The molecule has 1 atom stereocenters. The minimum atomic E-state index is -1.17. The van der Waals surface area contributed by atoms with Gasteiger partial charge >= 0.3 is 5.97 Å². The SMILES string of the molecule is O=C(O)c1cc(F)cc2[nH]c(CCC3CCCCO3)nc12. The van der Waals surface area contributed by atoms with Gasteiger partial charge in [0.15, 0.2) is 0 Å². The molecule has 5 nitrogen and oxygen atoms in total. The van der Waals surface area contributed by atoms with Gasteiger partial charge in [-0.3, -0.25) is 0 Å². The molecule has 2 N–H and O–H groups in total. The van der Waals surface area contributed by atoms with Gasteiger partial charge in [0.2, 0.25) is 0 Å². The van der Waals surface area contributed by atoms with E-state index in [0.717, 1.165) is 31.9 Å². The van der Waals surface area contributed by atoms with Crippen LogP contribution in [0.1, 0.15) is 41.9 Å². The van der Waals surface area contributed by atoms with Gasteiger partial charge in [-0.05, 0) is 37.8 Å². The lowest BCUT2D eigenvalue weighted by atomic mass is 10.0. The van der Waals surface area contributed by atoms with E-state index in [2.05, 4.69) is 9.97 Å². The number of aromatic nitrogens is 2. The van der Waals surface area contributed by atoms with Gasteiger partial charge in [0.25, 0.3) is 0 Å². The summed E-state index contributed by atoms with van der Waals surface area (Å²) in [7, 11) is 0. The van der Waals surface area contributed by atoms with Crippen molar-refractivity contribution < 1.29 is 19.0 Å². The third kappa shape index (κ3) is 3.05. The quantitative estimate of drug-likeness (QED) is 0.908. The Balaban J connectivity index is 1.80. The Morgan fingerprint density at radius 3 is 3.05 bits per heavy atom. The molecule has 21 heavy (non-hydrogen) atoms. The molecular weight excluding hydrogens is 275 g/mol. The van der Waals surface area contributed by atoms with Crippen molar-refractivity contribution in [2.45, 2.75) is 38.2 Å². The Morgan fingerprint density at radius 1 is 1.48 bits per heavy atom. The maximum atomic E-state index is 13.4. The number of halogens is 1. The molecule has 0 saturated carbocycles. The number of aryl methyl sites for hydroxylation is 1. The molecular formula is C15H17FN2O3. The molecule has 1 aliphatic rings. The van der Waals surface area contributed by atoms with Crippen LogP contribution in [-0.2, 0) is 11.2 Å². The molecule has 6 heteroatoms. The first-order valence-corrected chi connectivity index (χ1v) is 7.16. The molecule has 1 aromatic heterocycles. The zero-order valence-electron chi connectivity index (χ0n) is 11.6. The third-order valence-electron chi connectivity index (χ3n) is 3.81. The van der Waals surface area contributed by atoms with Gasteiger partial charge in [0.1, 0.15) is 17.2 Å². The van der Waals surface area contributed by atoms with E-state index in [1.807, 2.05) is 0 Å². The molecule has 0 radical (unpaired) electrons. The minimum absolute atomic E-state index is 0.110. The lowest BCUT2D eigenvalue weighted by Gasteiger charge is -2.21. The van der Waals surface area contributed by atoms with Gasteiger partial charge in [-0.1, -0.05) is 0 Å². The van der Waals surface area contributed by atoms with Crippen LogP contribution >= 0.6 is 0 Å². The number of benzene rings is 1. The first-order chi connectivity index (χ1) is 10.1. The van der Waals surface area contributed by atoms with Crippen molar-refractivity contribution in [3.63, 3.8) is 0 Å². The van der Waals surface area contributed by atoms with Crippen molar-refractivity contribution in [1.29, 1.82) is 0 Å². The van der Waals surface area contributed by atoms with Crippen LogP contribution < -0.4 is 0 Å². The summed E-state index contributed by atoms with van der Waals surface area (Å²) < 4.78 is 19.1. The van der Waals surface area contributed by atoms with Crippen molar-refractivity contribution in [3.05, 3.63) is 29.3 Å². The maximum absolute atomic E-state index is 13.4. The normalized spacial score (nSPS) is 19.0. The lowest BCUT2D eigenvalue weighted by Crippen LogP contribution is -2.19. The zero-order chi connectivity index (χ0) is 14.8. The first-order valence-electron chi connectivity index (χ1n) is 7.16. The first kappa shape index (κ1) is 14.0. The molecule has 1 unspecified atom stereocenters. The largest absolute Gasteiger partial charge is 0.478 e. The number of nitrogens with zero attached hydrogens (tertiary/aromatic N) is 1. The van der Waals surface area contributed by atoms with Crippen molar-refractivity contribution in [3.8, 4) is 0 Å². The van der Waals surface area contributed by atoms with Crippen LogP contribution in [0.3, 0.4) is 0 Å². The average Bonchev–Trinajstić information content (AvgIpc) is 2.87. The average molecular weight is 292 g/mol. The van der Waals surface area contributed by atoms with Crippen LogP contribution in [0.15, 0.2) is 12.1 Å². The fourth-order valence-electron chi connectivity index (χ4n) is 2.75. The van der Waals surface area contributed by atoms with Gasteiger partial charge in [0, 0.05) is 13.0 Å². The summed E-state index contributed by atoms with van der Waals surface area (Å²) in [6, 6.07) is 2.27. The maximum Gasteiger partial charge on any atom is 0.338 e. The summed E-state index contributed by atoms with van der Waals surface area (Å²) in [5, 5.41) is 9.11. The Hall–Kier alpha value is -1.95. The van der Waals surface area contributed by atoms with E-state index < -0.39 is 11.8 Å². The number of hydrogen-bond donors (Lipinski definition) is 2. The zero-order valence-corrected chi connectivity index (χ0v) is 11.6. The molecule has 112 valence electrons. The number of rotatable bonds is 4. The van der Waals surface area contributed by atoms with E-state index >= 15 is 0 Å². The summed E-state index contributed by atoms with van der Waals surface area (Å²) in [4.78, 5) is 18.4. The van der Waals surface area contributed by atoms with Crippen molar-refractivity contribution >= 4 is 17.0 Å². The Kier molecular flexibility index (Phi) is 3.88. The van der Waals surface area contributed by atoms with Crippen LogP contribution in [-0.4, -0.2) is 33.8 Å². The molecule has 1 fully saturated rings. The van der Waals surface area contributed by atoms with Crippen LogP contribution in [0, 0.1) is 5.82 Å². The van der Waals surface area contributed by atoms with Gasteiger partial charge < -0.3 is 14.8 Å². The van der Waals surface area contributed by atoms with E-state index in [1.54, 1.807) is 0 Å². The molecule has 1 aromatic carbocycles. The molecule has 0 aliphatic carbocycles. The Labute approximate surface area is 121 Å². The van der Waals surface area contributed by atoms with E-state index in [4.69, 9.17) is 9.84 Å². The summed E-state index contributed by atoms with van der Waals surface area (Å²) >= 11 is 0. The monoisotopic (exact) mass is 292 g/mol. The molecule has 0 amide bonds. The summed E-state index contributed by atoms with van der Waals surface area (Å²) in [5.74, 6) is -1.08. The highest BCUT2D eigenvalue weighted by Crippen LogP contribution is 2.21. The number of carboxylic acids is 1. The molecule has 1 aliphatic heterocycles. The number of H-pyrrole nitrogens is 1. The van der Waals surface area contributed by atoms with E-state index in [0.29, 0.717) is 23.3 Å². The van der Waals surface area contributed by atoms with Gasteiger partial charge in [-0.2, -0.15) is 0 Å². The predicted molar refractivity (Wildman–Crippen MR) is 74.9 cm³/mol. The molecule has 0 bridgehead atoms. The molecule has 2 heterocycles. The van der Waals surface area contributed by atoms with Crippen LogP contribution in [0.2, 0.25) is 0 Å². The number of aromatic carboxylic acids is 1. The summed E-state index contributed by atoms with van der Waals surface area (Å²) in [6.45, 7) is 0.805. The van der Waals surface area contributed by atoms with Gasteiger partial charge in [-0.25, -0.2) is 14.2 Å². The van der Waals surface area contributed by atoms with Crippen molar-refractivity contribution in [2.24, 2.45) is 0 Å². The topological polar surface area (TPSA) is 75.2 Å². The second kappa shape index (κ2) is 5.81. The lowest BCUT2D eigenvalue weighted by molar-refractivity contribution is 0.0112. The number of hydrogen-bond acceptors (Lipinski definition) is 3. The highest BCUT2D eigenvalue weighted by Gasteiger charge is 2.17. The van der Waals surface area contributed by atoms with Crippen LogP contribution in [0.25, 0.3) is 11.0 Å². The van der Waals surface area contributed by atoms with Crippen molar-refractivity contribution in [2.75, 3.05) is 6.61 Å². The molecule has 1 saturated heterocycles. The molecule has 2 aromatic rings. The number of carboxylic acid groups (broad SMARTS) is 1. The Bertz CT molecular complexity index is 662. The summed E-state index contributed by atoms with van der Waals surface area (Å²) in [5.41, 5.74) is 0.622. The predicted octanol–water partition coefficient (Wildman–Crippen LogP) is 2.90. The van der Waals surface area contributed by atoms with E-state index in [9.17, 15) is 9.18 Å². The number of aromatic amines is 1. The minimum Gasteiger partial charge on any atom is -0.478 e. The number of imidazole rings is 1.